The average molecular weight is 718 g/mol. The smallest absolute Gasteiger partial charge is 0.252 e. The topological polar surface area (TPSA) is 138 Å². The van der Waals surface area contributed by atoms with E-state index in [4.69, 9.17) is 11.6 Å². The molecule has 15 heteroatoms. The molecule has 0 radical (unpaired) electrons. The fraction of sp³-hybridized carbons (Fsp3) is 0.364. The molecule has 0 saturated carbocycles. The van der Waals surface area contributed by atoms with E-state index in [1.807, 2.05) is 47.0 Å². The summed E-state index contributed by atoms with van der Waals surface area (Å²) >= 11 is 11.6. The van der Waals surface area contributed by atoms with Gasteiger partial charge in [-0.3, -0.25) is 9.52 Å². The number of carbonyl (C=O) groups is 1. The minimum atomic E-state index is -0.318. The molecule has 0 spiro atoms. The highest BCUT2D eigenvalue weighted by Crippen LogP contribution is 2.34. The maximum Gasteiger partial charge on any atom is 0.252 e. The zero-order valence-corrected chi connectivity index (χ0v) is 30.5. The van der Waals surface area contributed by atoms with Crippen molar-refractivity contribution in [2.24, 2.45) is 0 Å². The van der Waals surface area contributed by atoms with Gasteiger partial charge in [0.1, 0.15) is 0 Å². The van der Waals surface area contributed by atoms with Crippen LogP contribution in [0.2, 0.25) is 5.02 Å². The molecule has 0 aliphatic rings. The second-order valence-electron chi connectivity index (χ2n) is 11.0. The van der Waals surface area contributed by atoms with Gasteiger partial charge in [0.2, 0.25) is 5.95 Å². The normalized spacial score (nSPS) is 11.4. The zero-order chi connectivity index (χ0) is 35.2. The van der Waals surface area contributed by atoms with Gasteiger partial charge in [0.05, 0.1) is 23.2 Å². The molecule has 0 aliphatic carbocycles. The summed E-state index contributed by atoms with van der Waals surface area (Å²) in [7, 11) is 4.06. The summed E-state index contributed by atoms with van der Waals surface area (Å²) in [5, 5.41) is 24.3. The Labute approximate surface area is 296 Å². The van der Waals surface area contributed by atoms with Crippen LogP contribution in [0.4, 0.5) is 39.1 Å². The van der Waals surface area contributed by atoms with Crippen molar-refractivity contribution in [3.8, 4) is 0 Å². The van der Waals surface area contributed by atoms with Gasteiger partial charge in [-0.15, -0.1) is 4.48 Å². The molecular weight excluding hydrogens is 673 g/mol. The van der Waals surface area contributed by atoms with Crippen molar-refractivity contribution in [3.63, 3.8) is 0 Å². The number of fused-ring (bicyclic) bond motifs is 1. The van der Waals surface area contributed by atoms with Gasteiger partial charge in [-0.25, -0.2) is 5.54 Å². The second-order valence-corrected chi connectivity index (χ2v) is 12.4. The summed E-state index contributed by atoms with van der Waals surface area (Å²) < 4.78 is 17.3. The van der Waals surface area contributed by atoms with E-state index in [1.165, 1.54) is 17.3 Å². The van der Waals surface area contributed by atoms with Gasteiger partial charge < -0.3 is 31.3 Å². The van der Waals surface area contributed by atoms with E-state index in [2.05, 4.69) is 77.8 Å². The lowest BCUT2D eigenvalue weighted by molar-refractivity contribution is 0.0954. The average Bonchev–Trinajstić information content (AvgIpc) is 3.07. The molecule has 0 bridgehead atoms. The number of rotatable bonds is 16. The van der Waals surface area contributed by atoms with Crippen LogP contribution < -0.4 is 36.4 Å². The minimum absolute atomic E-state index is 0.00116. The number of carbonyl (C=O) groups excluding carboxylic acids is 1. The monoisotopic (exact) mass is 717 g/mol. The molecule has 0 unspecified atom stereocenters. The molecule has 48 heavy (non-hydrogen) atoms. The molecule has 1 amide bonds. The third-order valence-electron chi connectivity index (χ3n) is 6.99. The van der Waals surface area contributed by atoms with Crippen LogP contribution in [0.25, 0.3) is 10.8 Å². The Balaban J connectivity index is 0.00000307. The number of aliphatic hydroxyl groups is 1. The van der Waals surface area contributed by atoms with Crippen LogP contribution in [0.5, 0.6) is 0 Å². The predicted octanol–water partition coefficient (Wildman–Crippen LogP) is 6.97. The number of thiol groups is 1. The first-order chi connectivity index (χ1) is 23.1. The number of hydrogen-bond acceptors (Lipinski definition) is 12. The maximum absolute atomic E-state index is 14.0. The lowest BCUT2D eigenvalue weighted by Gasteiger charge is -2.20. The first-order valence-electron chi connectivity index (χ1n) is 15.5. The number of nitrogens with one attached hydrogen (secondary N) is 6. The summed E-state index contributed by atoms with van der Waals surface area (Å²) in [5.41, 5.74) is 3.61. The fourth-order valence-electron chi connectivity index (χ4n) is 4.65. The molecule has 1 heterocycles. The standard InChI is InChI=1S/C32H41ClFN9O2S.CH4S/c1-6-20(18-44)39-32-40-29(37-19(2)3)28(42-34)30(41-32)38-21-13-14-24(25(33)17-21)31(45)35-15-16-36-46-27-12-8-9-22-23(27)10-7-11-26(22)43(4)5;1-2/h7-14,17,19-20,36,42,44H,6,15-16,18H2,1-5H3,(H,35,45)(H3,37,38,39,40,41);2H,1H3/t20-;/m1./s1. The quantitative estimate of drug-likeness (QED) is 0.0264. The Morgan fingerprint density at radius 2 is 1.73 bits per heavy atom. The van der Waals surface area contributed by atoms with Gasteiger partial charge in [-0.05, 0) is 74.2 Å². The van der Waals surface area contributed by atoms with E-state index in [0.717, 1.165) is 16.0 Å². The molecule has 1 atom stereocenters. The second kappa shape index (κ2) is 19.3. The van der Waals surface area contributed by atoms with E-state index in [-0.39, 0.29) is 52.9 Å². The molecule has 3 aromatic carbocycles. The number of aliphatic hydroxyl groups excluding tert-OH is 1. The van der Waals surface area contributed by atoms with Gasteiger partial charge in [-0.1, -0.05) is 42.8 Å². The number of aromatic nitrogens is 2. The Morgan fingerprint density at radius 1 is 1.02 bits per heavy atom. The van der Waals surface area contributed by atoms with Gasteiger partial charge in [0.15, 0.2) is 17.3 Å². The Bertz CT molecular complexity index is 1640. The van der Waals surface area contributed by atoms with E-state index in [0.29, 0.717) is 30.8 Å². The van der Waals surface area contributed by atoms with Crippen molar-refractivity contribution in [1.29, 1.82) is 0 Å². The first-order valence-corrected chi connectivity index (χ1v) is 17.5. The predicted molar refractivity (Wildman–Crippen MR) is 204 cm³/mol. The number of amides is 1. The van der Waals surface area contributed by atoms with Crippen molar-refractivity contribution >= 4 is 87.5 Å². The summed E-state index contributed by atoms with van der Waals surface area (Å²) in [5.74, 6) is 0.259. The first kappa shape index (κ1) is 38.8. The Hall–Kier alpha value is -3.69. The highest BCUT2D eigenvalue weighted by molar-refractivity contribution is 7.97. The van der Waals surface area contributed by atoms with Crippen molar-refractivity contribution in [2.75, 3.05) is 66.4 Å². The van der Waals surface area contributed by atoms with E-state index < -0.39 is 0 Å². The van der Waals surface area contributed by atoms with Gasteiger partial charge >= 0.3 is 0 Å². The number of anilines is 6. The van der Waals surface area contributed by atoms with E-state index in [9.17, 15) is 14.4 Å². The maximum atomic E-state index is 14.0. The third-order valence-corrected chi connectivity index (χ3v) is 8.22. The number of hydrogen-bond donors (Lipinski definition) is 8. The number of benzene rings is 3. The third kappa shape index (κ3) is 10.4. The SMILES string of the molecule is CC[C@H](CO)Nc1nc(Nc2ccc(C(=O)NCCNSc3cccc4c(N(C)C)cccc34)c(Cl)c2)c(NF)c(NC(C)C)n1.CS. The minimum Gasteiger partial charge on any atom is -0.394 e. The van der Waals surface area contributed by atoms with Crippen molar-refractivity contribution in [3.05, 3.63) is 65.2 Å². The summed E-state index contributed by atoms with van der Waals surface area (Å²) in [4.78, 5) is 24.9. The highest BCUT2D eigenvalue weighted by Gasteiger charge is 2.19. The fourth-order valence-corrected chi connectivity index (χ4v) is 5.71. The van der Waals surface area contributed by atoms with Crippen LogP contribution in [0.15, 0.2) is 59.5 Å². The van der Waals surface area contributed by atoms with Gasteiger partial charge in [0, 0.05) is 54.9 Å². The number of halogens is 2. The van der Waals surface area contributed by atoms with Crippen LogP contribution >= 0.6 is 36.2 Å². The molecule has 11 nitrogen and oxygen atoms in total. The molecule has 0 saturated heterocycles. The molecule has 4 aromatic rings. The van der Waals surface area contributed by atoms with Gasteiger partial charge in [-0.2, -0.15) is 22.6 Å². The molecular formula is C33H45ClFN9O2S2. The zero-order valence-electron chi connectivity index (χ0n) is 28.0. The molecule has 7 N–H and O–H groups in total. The van der Waals surface area contributed by atoms with Crippen molar-refractivity contribution < 1.29 is 14.4 Å². The van der Waals surface area contributed by atoms with Crippen LogP contribution in [0.3, 0.4) is 0 Å². The molecule has 0 fully saturated rings. The van der Waals surface area contributed by atoms with Gasteiger partial charge in [0.25, 0.3) is 5.91 Å². The van der Waals surface area contributed by atoms with Crippen LogP contribution in [-0.4, -0.2) is 73.1 Å². The lowest BCUT2D eigenvalue weighted by atomic mass is 10.1. The molecule has 4 rings (SSSR count). The van der Waals surface area contributed by atoms with E-state index >= 15 is 0 Å². The van der Waals surface area contributed by atoms with Crippen LogP contribution in [0, 0.1) is 0 Å². The van der Waals surface area contributed by atoms with Crippen LogP contribution in [-0.2, 0) is 0 Å². The van der Waals surface area contributed by atoms with E-state index in [1.54, 1.807) is 30.0 Å². The lowest BCUT2D eigenvalue weighted by Crippen LogP contribution is -2.30. The molecule has 1 aromatic heterocycles. The Kier molecular flexibility index (Phi) is 15.6. The van der Waals surface area contributed by atoms with Crippen LogP contribution in [0.1, 0.15) is 37.6 Å². The molecule has 260 valence electrons. The number of nitrogens with zero attached hydrogens (tertiary/aromatic N) is 3. The summed E-state index contributed by atoms with van der Waals surface area (Å²) in [6.07, 6.45) is 2.33. The van der Waals surface area contributed by atoms with Crippen molar-refractivity contribution in [1.82, 2.24) is 20.0 Å². The largest absolute Gasteiger partial charge is 0.394 e. The summed E-state index contributed by atoms with van der Waals surface area (Å²) in [6.45, 7) is 6.52. The Morgan fingerprint density at radius 3 is 2.38 bits per heavy atom. The molecule has 0 aliphatic heterocycles. The summed E-state index contributed by atoms with van der Waals surface area (Å²) in [6, 6.07) is 17.0. The highest BCUT2D eigenvalue weighted by atomic mass is 35.5. The van der Waals surface area contributed by atoms with Crippen molar-refractivity contribution in [2.45, 2.75) is 44.2 Å².